The van der Waals surface area contributed by atoms with Crippen LogP contribution in [0.1, 0.15) is 16.8 Å². The number of aromatic nitrogens is 2. The Kier molecular flexibility index (Phi) is 2.78. The summed E-state index contributed by atoms with van der Waals surface area (Å²) in [6.07, 6.45) is 2.29. The van der Waals surface area contributed by atoms with Crippen molar-refractivity contribution in [2.45, 2.75) is 12.5 Å². The minimum Gasteiger partial charge on any atom is -0.337 e. The second kappa shape index (κ2) is 4.34. The number of likely N-dealkylation sites (N-methyl/N-ethyl adjacent to an activating group) is 1. The third kappa shape index (κ3) is 1.99. The molecule has 0 radical (unpaired) electrons. The van der Waals surface area contributed by atoms with Gasteiger partial charge in [0.2, 0.25) is 0 Å². The highest BCUT2D eigenvalue weighted by atomic mass is 16.2. The topological polar surface area (TPSA) is 89.3 Å². The zero-order chi connectivity index (χ0) is 13.6. The van der Waals surface area contributed by atoms with Crippen LogP contribution in [0.4, 0.5) is 0 Å². The molecule has 3 rings (SSSR count). The predicted octanol–water partition coefficient (Wildman–Crippen LogP) is -1.16. The molecule has 2 aliphatic rings. The molecule has 7 nitrogen and oxygen atoms in total. The molecule has 1 aromatic heterocycles. The van der Waals surface area contributed by atoms with E-state index in [1.807, 2.05) is 0 Å². The molecule has 0 saturated carbocycles. The number of carbonyl (C=O) groups excluding carboxylic acids is 1. The second-order valence-corrected chi connectivity index (χ2v) is 5.29. The Labute approximate surface area is 109 Å². The van der Waals surface area contributed by atoms with Gasteiger partial charge in [0, 0.05) is 25.3 Å². The average molecular weight is 264 g/mol. The molecular formula is C12H16N4O3. The van der Waals surface area contributed by atoms with Crippen LogP contribution < -0.4 is 11.2 Å². The number of fused-ring (bicyclic) bond motifs is 1. The summed E-state index contributed by atoms with van der Waals surface area (Å²) in [4.78, 5) is 43.2. The molecule has 0 unspecified atom stereocenters. The molecule has 0 aromatic carbocycles. The summed E-state index contributed by atoms with van der Waals surface area (Å²) in [5, 5.41) is 0. The molecule has 2 aliphatic heterocycles. The first-order valence-electron chi connectivity index (χ1n) is 6.38. The number of nitrogens with one attached hydrogen (secondary N) is 2. The molecule has 2 saturated heterocycles. The first kappa shape index (κ1) is 12.2. The lowest BCUT2D eigenvalue weighted by atomic mass is 10.1. The van der Waals surface area contributed by atoms with Crippen molar-refractivity contribution < 1.29 is 4.79 Å². The normalized spacial score (nSPS) is 26.7. The van der Waals surface area contributed by atoms with Gasteiger partial charge >= 0.3 is 5.69 Å². The third-order valence-corrected chi connectivity index (χ3v) is 4.16. The van der Waals surface area contributed by atoms with Crippen molar-refractivity contribution in [2.24, 2.45) is 5.92 Å². The van der Waals surface area contributed by atoms with Crippen LogP contribution in [0.5, 0.6) is 0 Å². The fourth-order valence-electron chi connectivity index (χ4n) is 3.08. The summed E-state index contributed by atoms with van der Waals surface area (Å²) in [7, 11) is 2.06. The van der Waals surface area contributed by atoms with Crippen molar-refractivity contribution in [2.75, 3.05) is 26.7 Å². The highest BCUT2D eigenvalue weighted by Crippen LogP contribution is 2.30. The molecular weight excluding hydrogens is 248 g/mol. The van der Waals surface area contributed by atoms with E-state index in [2.05, 4.69) is 21.9 Å². The van der Waals surface area contributed by atoms with Gasteiger partial charge in [-0.05, 0) is 25.9 Å². The monoisotopic (exact) mass is 264 g/mol. The lowest BCUT2D eigenvalue weighted by Gasteiger charge is -2.20. The van der Waals surface area contributed by atoms with Crippen molar-refractivity contribution in [1.29, 1.82) is 0 Å². The van der Waals surface area contributed by atoms with E-state index in [4.69, 9.17) is 0 Å². The summed E-state index contributed by atoms with van der Waals surface area (Å²) in [5.41, 5.74) is -1.22. The predicted molar refractivity (Wildman–Crippen MR) is 68.1 cm³/mol. The highest BCUT2D eigenvalue weighted by molar-refractivity contribution is 5.93. The van der Waals surface area contributed by atoms with Crippen LogP contribution in [-0.2, 0) is 0 Å². The van der Waals surface area contributed by atoms with Crippen LogP contribution in [-0.4, -0.2) is 58.4 Å². The summed E-state index contributed by atoms with van der Waals surface area (Å²) in [5.74, 6) is 0.191. The van der Waals surface area contributed by atoms with Gasteiger partial charge in [0.1, 0.15) is 5.56 Å². The van der Waals surface area contributed by atoms with Gasteiger partial charge in [-0.15, -0.1) is 0 Å². The van der Waals surface area contributed by atoms with Crippen molar-refractivity contribution in [3.63, 3.8) is 0 Å². The molecule has 0 bridgehead atoms. The molecule has 2 atom stereocenters. The van der Waals surface area contributed by atoms with Gasteiger partial charge in [0.25, 0.3) is 11.5 Å². The molecule has 1 aromatic rings. The Bertz CT molecular complexity index is 620. The molecule has 3 heterocycles. The lowest BCUT2D eigenvalue weighted by Crippen LogP contribution is -2.38. The van der Waals surface area contributed by atoms with E-state index < -0.39 is 11.2 Å². The fourth-order valence-corrected chi connectivity index (χ4v) is 3.08. The van der Waals surface area contributed by atoms with E-state index in [0.717, 1.165) is 13.0 Å². The minimum absolute atomic E-state index is 0.00206. The van der Waals surface area contributed by atoms with E-state index in [9.17, 15) is 14.4 Å². The summed E-state index contributed by atoms with van der Waals surface area (Å²) in [6.45, 7) is 2.40. The number of amides is 1. The number of H-pyrrole nitrogens is 2. The number of nitrogens with zero attached hydrogens (tertiary/aromatic N) is 2. The average Bonchev–Trinajstić information content (AvgIpc) is 2.91. The van der Waals surface area contributed by atoms with Crippen LogP contribution in [0.3, 0.4) is 0 Å². The number of hydrogen-bond acceptors (Lipinski definition) is 4. The van der Waals surface area contributed by atoms with Crippen molar-refractivity contribution in [1.82, 2.24) is 19.8 Å². The van der Waals surface area contributed by atoms with Gasteiger partial charge in [-0.1, -0.05) is 0 Å². The second-order valence-electron chi connectivity index (χ2n) is 5.29. The highest BCUT2D eigenvalue weighted by Gasteiger charge is 2.41. The zero-order valence-corrected chi connectivity index (χ0v) is 10.7. The van der Waals surface area contributed by atoms with Crippen molar-refractivity contribution in [3.8, 4) is 0 Å². The minimum atomic E-state index is -0.626. The smallest absolute Gasteiger partial charge is 0.325 e. The first-order chi connectivity index (χ1) is 9.06. The molecule has 2 N–H and O–H groups in total. The van der Waals surface area contributed by atoms with Gasteiger partial charge in [-0.3, -0.25) is 14.6 Å². The van der Waals surface area contributed by atoms with Crippen LogP contribution >= 0.6 is 0 Å². The Morgan fingerprint density at radius 1 is 1.37 bits per heavy atom. The standard InChI is InChI=1S/C12H16N4O3/c1-15-3-2-7-5-16(6-9(7)15)11(18)8-4-13-12(19)14-10(8)17/h4,7,9H,2-3,5-6H2,1H3,(H2,13,14,17,19)/t7-,9+/m1/s1. The number of aromatic amines is 2. The molecule has 0 spiro atoms. The summed E-state index contributed by atoms with van der Waals surface area (Å²) in [6, 6.07) is 0.394. The van der Waals surface area contributed by atoms with Crippen LogP contribution in [0, 0.1) is 5.92 Å². The maximum atomic E-state index is 12.3. The Morgan fingerprint density at radius 2 is 2.16 bits per heavy atom. The van der Waals surface area contributed by atoms with Gasteiger partial charge in [-0.25, -0.2) is 4.79 Å². The first-order valence-corrected chi connectivity index (χ1v) is 6.38. The van der Waals surface area contributed by atoms with Gasteiger partial charge in [-0.2, -0.15) is 0 Å². The SMILES string of the molecule is CN1CC[C@@H]2CN(C(=O)c3c[nH]c(=O)[nH]c3=O)C[C@@H]21. The Morgan fingerprint density at radius 3 is 2.84 bits per heavy atom. The molecule has 102 valence electrons. The molecule has 7 heteroatoms. The molecule has 19 heavy (non-hydrogen) atoms. The summed E-state index contributed by atoms with van der Waals surface area (Å²) < 4.78 is 0. The van der Waals surface area contributed by atoms with Gasteiger partial charge in [0.05, 0.1) is 0 Å². The molecule has 0 aliphatic carbocycles. The number of likely N-dealkylation sites (tertiary alicyclic amines) is 2. The largest absolute Gasteiger partial charge is 0.337 e. The van der Waals surface area contributed by atoms with E-state index in [0.29, 0.717) is 25.0 Å². The van der Waals surface area contributed by atoms with Crippen LogP contribution in [0.2, 0.25) is 0 Å². The third-order valence-electron chi connectivity index (χ3n) is 4.16. The van der Waals surface area contributed by atoms with Crippen molar-refractivity contribution >= 4 is 5.91 Å². The summed E-state index contributed by atoms with van der Waals surface area (Å²) >= 11 is 0. The Balaban J connectivity index is 1.82. The Hall–Kier alpha value is -1.89. The van der Waals surface area contributed by atoms with Crippen molar-refractivity contribution in [3.05, 3.63) is 32.6 Å². The number of carbonyl (C=O) groups is 1. The fraction of sp³-hybridized carbons (Fsp3) is 0.583. The van der Waals surface area contributed by atoms with E-state index in [1.54, 1.807) is 4.90 Å². The number of rotatable bonds is 1. The maximum absolute atomic E-state index is 12.3. The maximum Gasteiger partial charge on any atom is 0.325 e. The van der Waals surface area contributed by atoms with Crippen LogP contribution in [0.25, 0.3) is 0 Å². The molecule has 1 amide bonds. The van der Waals surface area contributed by atoms with Crippen LogP contribution in [0.15, 0.2) is 15.8 Å². The van der Waals surface area contributed by atoms with Gasteiger partial charge in [0.15, 0.2) is 0 Å². The zero-order valence-electron chi connectivity index (χ0n) is 10.7. The van der Waals surface area contributed by atoms with E-state index in [1.165, 1.54) is 6.20 Å². The van der Waals surface area contributed by atoms with Gasteiger partial charge < -0.3 is 14.8 Å². The lowest BCUT2D eigenvalue weighted by molar-refractivity contribution is 0.0772. The number of hydrogen-bond donors (Lipinski definition) is 2. The quantitative estimate of drug-likeness (QED) is 0.669. The molecule has 2 fully saturated rings. The van der Waals surface area contributed by atoms with E-state index >= 15 is 0 Å². The van der Waals surface area contributed by atoms with E-state index in [-0.39, 0.29) is 11.5 Å².